The van der Waals surface area contributed by atoms with Crippen molar-refractivity contribution in [1.82, 2.24) is 19.6 Å². The third kappa shape index (κ3) is 4.33. The minimum absolute atomic E-state index is 0.00744. The van der Waals surface area contributed by atoms with E-state index in [9.17, 15) is 14.4 Å². The Hall–Kier alpha value is -2.38. The molecule has 8 nitrogen and oxygen atoms in total. The number of carboxylic acid groups (broad SMARTS) is 1. The van der Waals surface area contributed by atoms with E-state index in [-0.39, 0.29) is 30.4 Å². The maximum absolute atomic E-state index is 12.6. The fourth-order valence-corrected chi connectivity index (χ4v) is 3.14. The van der Waals surface area contributed by atoms with Crippen LogP contribution in [0.4, 0.5) is 0 Å². The molecule has 8 heteroatoms. The standard InChI is InChI=1S/C16H24N4O4/c1-12(20-9-4-7-17-20)16(24)18-8-3-5-14(6-10-18)19(13(2)21)11-15(22)23/h4,7,9,12,14H,3,5-6,8,10-11H2,1-2H3,(H,22,23). The number of aliphatic carboxylic acids is 1. The van der Waals surface area contributed by atoms with E-state index in [1.807, 2.05) is 6.92 Å². The lowest BCUT2D eigenvalue weighted by Crippen LogP contribution is -2.43. The lowest BCUT2D eigenvalue weighted by Gasteiger charge is -2.29. The molecule has 0 saturated carbocycles. The van der Waals surface area contributed by atoms with Crippen molar-refractivity contribution in [2.75, 3.05) is 19.6 Å². The molecule has 24 heavy (non-hydrogen) atoms. The van der Waals surface area contributed by atoms with Gasteiger partial charge in [-0.05, 0) is 32.3 Å². The number of carbonyl (C=O) groups excluding carboxylic acids is 2. The van der Waals surface area contributed by atoms with Crippen LogP contribution < -0.4 is 0 Å². The molecule has 1 aliphatic rings. The number of hydrogen-bond acceptors (Lipinski definition) is 4. The Morgan fingerprint density at radius 3 is 2.67 bits per heavy atom. The minimum atomic E-state index is -1.02. The van der Waals surface area contributed by atoms with E-state index >= 15 is 0 Å². The number of hydrogen-bond donors (Lipinski definition) is 1. The topological polar surface area (TPSA) is 95.7 Å². The predicted molar refractivity (Wildman–Crippen MR) is 86.2 cm³/mol. The van der Waals surface area contributed by atoms with Crippen LogP contribution in [0.1, 0.15) is 39.2 Å². The highest BCUT2D eigenvalue weighted by molar-refractivity contribution is 5.80. The van der Waals surface area contributed by atoms with Gasteiger partial charge in [0.1, 0.15) is 12.6 Å². The van der Waals surface area contributed by atoms with Crippen molar-refractivity contribution in [3.05, 3.63) is 18.5 Å². The second-order valence-electron chi connectivity index (χ2n) is 6.11. The van der Waals surface area contributed by atoms with Crippen molar-refractivity contribution in [3.63, 3.8) is 0 Å². The summed E-state index contributed by atoms with van der Waals surface area (Å²) in [5, 5.41) is 13.1. The Morgan fingerprint density at radius 1 is 1.33 bits per heavy atom. The molecule has 132 valence electrons. The molecular formula is C16H24N4O4. The molecule has 1 saturated heterocycles. The average molecular weight is 336 g/mol. The quantitative estimate of drug-likeness (QED) is 0.856. The number of amides is 2. The van der Waals surface area contributed by atoms with Crippen molar-refractivity contribution in [2.24, 2.45) is 0 Å². The van der Waals surface area contributed by atoms with Gasteiger partial charge in [-0.1, -0.05) is 0 Å². The smallest absolute Gasteiger partial charge is 0.323 e. The summed E-state index contributed by atoms with van der Waals surface area (Å²) in [6, 6.07) is 1.26. The zero-order valence-electron chi connectivity index (χ0n) is 14.1. The van der Waals surface area contributed by atoms with Crippen LogP contribution in [0.15, 0.2) is 18.5 Å². The van der Waals surface area contributed by atoms with Crippen LogP contribution in [0.3, 0.4) is 0 Å². The summed E-state index contributed by atoms with van der Waals surface area (Å²) in [6.45, 7) is 4.02. The summed E-state index contributed by atoms with van der Waals surface area (Å²) in [5.41, 5.74) is 0. The first-order valence-corrected chi connectivity index (χ1v) is 8.17. The Kier molecular flexibility index (Phi) is 5.94. The van der Waals surface area contributed by atoms with Gasteiger partial charge in [0.05, 0.1) is 0 Å². The minimum Gasteiger partial charge on any atom is -0.480 e. The van der Waals surface area contributed by atoms with E-state index in [0.717, 1.165) is 6.42 Å². The molecule has 2 rings (SSSR count). The van der Waals surface area contributed by atoms with Crippen LogP contribution in [0.5, 0.6) is 0 Å². The molecule has 1 N–H and O–H groups in total. The first kappa shape index (κ1) is 18.0. The van der Waals surface area contributed by atoms with Gasteiger partial charge >= 0.3 is 5.97 Å². The number of carbonyl (C=O) groups is 3. The fourth-order valence-electron chi connectivity index (χ4n) is 3.14. The van der Waals surface area contributed by atoms with Crippen LogP contribution in [0.25, 0.3) is 0 Å². The molecule has 2 heterocycles. The SMILES string of the molecule is CC(=O)N(CC(=O)O)C1CCCN(C(=O)C(C)n2cccn2)CC1. The van der Waals surface area contributed by atoms with E-state index in [1.165, 1.54) is 11.8 Å². The van der Waals surface area contributed by atoms with Crippen LogP contribution in [0, 0.1) is 0 Å². The van der Waals surface area contributed by atoms with Crippen molar-refractivity contribution in [1.29, 1.82) is 0 Å². The maximum atomic E-state index is 12.6. The van der Waals surface area contributed by atoms with Gasteiger partial charge in [0.25, 0.3) is 0 Å². The van der Waals surface area contributed by atoms with E-state index < -0.39 is 5.97 Å². The first-order chi connectivity index (χ1) is 11.4. The molecule has 2 atom stereocenters. The van der Waals surface area contributed by atoms with Crippen molar-refractivity contribution in [2.45, 2.75) is 45.2 Å². The van der Waals surface area contributed by atoms with Gasteiger partial charge in [0.2, 0.25) is 11.8 Å². The number of carboxylic acids is 1. The number of aromatic nitrogens is 2. The Bertz CT molecular complexity index is 587. The first-order valence-electron chi connectivity index (χ1n) is 8.17. The molecule has 1 aromatic heterocycles. The lowest BCUT2D eigenvalue weighted by atomic mass is 10.1. The Morgan fingerprint density at radius 2 is 2.08 bits per heavy atom. The second kappa shape index (κ2) is 7.94. The largest absolute Gasteiger partial charge is 0.480 e. The number of likely N-dealkylation sites (tertiary alicyclic amines) is 1. The van der Waals surface area contributed by atoms with Crippen molar-refractivity contribution in [3.8, 4) is 0 Å². The van der Waals surface area contributed by atoms with Crippen molar-refractivity contribution < 1.29 is 19.5 Å². The van der Waals surface area contributed by atoms with Crippen LogP contribution in [-0.2, 0) is 14.4 Å². The predicted octanol–water partition coefficient (Wildman–Crippen LogP) is 0.758. The van der Waals surface area contributed by atoms with Gasteiger partial charge in [-0.3, -0.25) is 19.1 Å². The highest BCUT2D eigenvalue weighted by atomic mass is 16.4. The molecule has 0 bridgehead atoms. The van der Waals surface area contributed by atoms with Gasteiger partial charge in [-0.15, -0.1) is 0 Å². The van der Waals surface area contributed by atoms with Gasteiger partial charge in [0.15, 0.2) is 0 Å². The van der Waals surface area contributed by atoms with Gasteiger partial charge in [0, 0.05) is 38.4 Å². The third-order valence-electron chi connectivity index (χ3n) is 4.44. The summed E-state index contributed by atoms with van der Waals surface area (Å²) < 4.78 is 1.62. The van der Waals surface area contributed by atoms with Gasteiger partial charge < -0.3 is 14.9 Å². The molecule has 1 aliphatic heterocycles. The fraction of sp³-hybridized carbons (Fsp3) is 0.625. The lowest BCUT2D eigenvalue weighted by molar-refractivity contribution is -0.145. The molecule has 1 aromatic rings. The average Bonchev–Trinajstić information content (AvgIpc) is 2.96. The second-order valence-corrected chi connectivity index (χ2v) is 6.11. The molecular weight excluding hydrogens is 312 g/mol. The summed E-state index contributed by atoms with van der Waals surface area (Å²) in [7, 11) is 0. The highest BCUT2D eigenvalue weighted by Gasteiger charge is 2.29. The van der Waals surface area contributed by atoms with Crippen molar-refractivity contribution >= 4 is 17.8 Å². The summed E-state index contributed by atoms with van der Waals surface area (Å²) in [5.74, 6) is -1.27. The monoisotopic (exact) mass is 336 g/mol. The maximum Gasteiger partial charge on any atom is 0.323 e. The van der Waals surface area contributed by atoms with Crippen LogP contribution in [0.2, 0.25) is 0 Å². The zero-order chi connectivity index (χ0) is 17.7. The molecule has 2 unspecified atom stereocenters. The van der Waals surface area contributed by atoms with E-state index in [2.05, 4.69) is 5.10 Å². The Balaban J connectivity index is 2.00. The zero-order valence-corrected chi connectivity index (χ0v) is 14.1. The van der Waals surface area contributed by atoms with Crippen LogP contribution >= 0.6 is 0 Å². The van der Waals surface area contributed by atoms with Crippen LogP contribution in [-0.4, -0.2) is 68.1 Å². The Labute approximate surface area is 141 Å². The summed E-state index contributed by atoms with van der Waals surface area (Å²) in [6.07, 6.45) is 5.43. The molecule has 0 aromatic carbocycles. The molecule has 0 aliphatic carbocycles. The third-order valence-corrected chi connectivity index (χ3v) is 4.44. The molecule has 0 spiro atoms. The number of nitrogens with zero attached hydrogens (tertiary/aromatic N) is 4. The highest BCUT2D eigenvalue weighted by Crippen LogP contribution is 2.19. The van der Waals surface area contributed by atoms with E-state index in [4.69, 9.17) is 5.11 Å². The number of rotatable bonds is 5. The van der Waals surface area contributed by atoms with E-state index in [0.29, 0.717) is 25.9 Å². The molecule has 1 fully saturated rings. The summed E-state index contributed by atoms with van der Waals surface area (Å²) in [4.78, 5) is 38.5. The molecule has 0 radical (unpaired) electrons. The normalized spacial score (nSPS) is 19.4. The molecule has 2 amide bonds. The van der Waals surface area contributed by atoms with E-state index in [1.54, 1.807) is 28.0 Å². The summed E-state index contributed by atoms with van der Waals surface area (Å²) >= 11 is 0. The van der Waals surface area contributed by atoms with Gasteiger partial charge in [-0.25, -0.2) is 0 Å². The van der Waals surface area contributed by atoms with Gasteiger partial charge in [-0.2, -0.15) is 5.10 Å².